The predicted octanol–water partition coefficient (Wildman–Crippen LogP) is 0.399. The number of aliphatic hydroxyl groups is 1. The van der Waals surface area contributed by atoms with Crippen molar-refractivity contribution in [1.82, 2.24) is 25.4 Å². The number of likely N-dealkylation sites (tertiary alicyclic amines) is 1. The molecular formula is C17H20FN5O3. The van der Waals surface area contributed by atoms with Crippen LogP contribution in [0.2, 0.25) is 0 Å². The number of pyridine rings is 1. The van der Waals surface area contributed by atoms with E-state index in [9.17, 15) is 19.1 Å². The van der Waals surface area contributed by atoms with Crippen LogP contribution in [0.4, 0.5) is 4.39 Å². The molecule has 8 nitrogen and oxygen atoms in total. The second-order valence-corrected chi connectivity index (χ2v) is 7.15. The SMILES string of the molecule is O=C(NC1(CO)CN(C(=O)C(F)C2CCC2)C1)c1[nH]nc2ncccc12. The Balaban J connectivity index is 1.42. The first-order valence-electron chi connectivity index (χ1n) is 8.68. The summed E-state index contributed by atoms with van der Waals surface area (Å²) in [6.45, 7) is -0.162. The minimum absolute atomic E-state index is 0.0888. The lowest BCUT2D eigenvalue weighted by Crippen LogP contribution is -2.74. The van der Waals surface area contributed by atoms with E-state index in [1.54, 1.807) is 18.3 Å². The van der Waals surface area contributed by atoms with Crippen LogP contribution in [0.3, 0.4) is 0 Å². The number of aromatic nitrogens is 3. The molecule has 1 unspecified atom stereocenters. The minimum Gasteiger partial charge on any atom is -0.394 e. The third-order valence-corrected chi connectivity index (χ3v) is 5.34. The maximum Gasteiger partial charge on any atom is 0.270 e. The lowest BCUT2D eigenvalue weighted by atomic mass is 9.80. The molecule has 1 aliphatic heterocycles. The summed E-state index contributed by atoms with van der Waals surface area (Å²) in [6.07, 6.45) is 2.53. The molecule has 0 spiro atoms. The van der Waals surface area contributed by atoms with Crippen LogP contribution in [-0.4, -0.2) is 68.4 Å². The number of hydrogen-bond donors (Lipinski definition) is 3. The fourth-order valence-electron chi connectivity index (χ4n) is 3.49. The number of rotatable bonds is 5. The summed E-state index contributed by atoms with van der Waals surface area (Å²) in [5.41, 5.74) is -0.309. The summed E-state index contributed by atoms with van der Waals surface area (Å²) in [5, 5.41) is 19.6. The van der Waals surface area contributed by atoms with Gasteiger partial charge in [-0.25, -0.2) is 9.37 Å². The van der Waals surface area contributed by atoms with Crippen molar-refractivity contribution in [3.63, 3.8) is 0 Å². The number of nitrogens with zero attached hydrogens (tertiary/aromatic N) is 3. The molecule has 2 aromatic rings. The summed E-state index contributed by atoms with van der Waals surface area (Å²) in [5.74, 6) is -1.19. The fourth-order valence-corrected chi connectivity index (χ4v) is 3.49. The van der Waals surface area contributed by atoms with Crippen molar-refractivity contribution in [3.8, 4) is 0 Å². The third-order valence-electron chi connectivity index (χ3n) is 5.34. The van der Waals surface area contributed by atoms with Gasteiger partial charge >= 0.3 is 0 Å². The first-order valence-corrected chi connectivity index (χ1v) is 8.68. The van der Waals surface area contributed by atoms with E-state index in [-0.39, 0.29) is 31.3 Å². The maximum absolute atomic E-state index is 14.2. The smallest absolute Gasteiger partial charge is 0.270 e. The average molecular weight is 361 g/mol. The van der Waals surface area contributed by atoms with E-state index in [2.05, 4.69) is 20.5 Å². The number of hydrogen-bond acceptors (Lipinski definition) is 5. The molecule has 138 valence electrons. The van der Waals surface area contributed by atoms with Crippen LogP contribution >= 0.6 is 0 Å². The number of fused-ring (bicyclic) bond motifs is 1. The highest BCUT2D eigenvalue weighted by atomic mass is 19.1. The van der Waals surface area contributed by atoms with Gasteiger partial charge in [0.05, 0.1) is 17.5 Å². The first-order chi connectivity index (χ1) is 12.5. The molecule has 3 N–H and O–H groups in total. The van der Waals surface area contributed by atoms with Crippen LogP contribution in [0.1, 0.15) is 29.8 Å². The van der Waals surface area contributed by atoms with E-state index >= 15 is 0 Å². The highest BCUT2D eigenvalue weighted by molar-refractivity contribution is 6.04. The molecule has 3 heterocycles. The second kappa shape index (κ2) is 6.31. The second-order valence-electron chi connectivity index (χ2n) is 7.15. The van der Waals surface area contributed by atoms with Crippen LogP contribution < -0.4 is 5.32 Å². The number of aromatic amines is 1. The van der Waals surface area contributed by atoms with Gasteiger partial charge in [0.25, 0.3) is 11.8 Å². The number of amides is 2. The van der Waals surface area contributed by atoms with Crippen LogP contribution in [0.5, 0.6) is 0 Å². The van der Waals surface area contributed by atoms with Gasteiger partial charge in [0.15, 0.2) is 11.8 Å². The summed E-state index contributed by atoms with van der Waals surface area (Å²) in [4.78, 5) is 30.2. The molecule has 2 amide bonds. The van der Waals surface area contributed by atoms with Gasteiger partial charge in [-0.3, -0.25) is 14.7 Å². The number of carbonyl (C=O) groups excluding carboxylic acids is 2. The number of carbonyl (C=O) groups is 2. The van der Waals surface area contributed by atoms with E-state index in [1.807, 2.05) is 0 Å². The van der Waals surface area contributed by atoms with E-state index in [1.165, 1.54) is 4.90 Å². The average Bonchev–Trinajstić information content (AvgIpc) is 2.99. The Bertz CT molecular complexity index is 844. The number of alkyl halides is 1. The molecule has 1 saturated heterocycles. The zero-order valence-corrected chi connectivity index (χ0v) is 14.1. The van der Waals surface area contributed by atoms with Gasteiger partial charge in [-0.05, 0) is 30.9 Å². The summed E-state index contributed by atoms with van der Waals surface area (Å²) < 4.78 is 14.2. The van der Waals surface area contributed by atoms with Gasteiger partial charge in [-0.15, -0.1) is 0 Å². The van der Waals surface area contributed by atoms with Crippen LogP contribution in [0, 0.1) is 5.92 Å². The van der Waals surface area contributed by atoms with Crippen LogP contribution in [-0.2, 0) is 4.79 Å². The Labute approximate surface area is 148 Å². The highest BCUT2D eigenvalue weighted by Crippen LogP contribution is 2.34. The zero-order valence-electron chi connectivity index (χ0n) is 14.1. The van der Waals surface area contributed by atoms with Gasteiger partial charge in [-0.2, -0.15) is 5.10 Å². The molecule has 9 heteroatoms. The highest BCUT2D eigenvalue weighted by Gasteiger charge is 2.49. The fraction of sp³-hybridized carbons (Fsp3) is 0.529. The van der Waals surface area contributed by atoms with Crippen molar-refractivity contribution in [3.05, 3.63) is 24.0 Å². The van der Waals surface area contributed by atoms with Gasteiger partial charge < -0.3 is 15.3 Å². The Morgan fingerprint density at radius 3 is 2.88 bits per heavy atom. The lowest BCUT2D eigenvalue weighted by molar-refractivity contribution is -0.149. The number of nitrogens with one attached hydrogen (secondary N) is 2. The summed E-state index contributed by atoms with van der Waals surface area (Å²) >= 11 is 0. The predicted molar refractivity (Wildman–Crippen MR) is 90.0 cm³/mol. The molecule has 0 aromatic carbocycles. The Kier molecular flexibility index (Phi) is 4.10. The van der Waals surface area contributed by atoms with Crippen molar-refractivity contribution >= 4 is 22.8 Å². The molecule has 2 fully saturated rings. The number of aliphatic hydroxyl groups excluding tert-OH is 1. The van der Waals surface area contributed by atoms with Gasteiger partial charge in [0.1, 0.15) is 5.69 Å². The van der Waals surface area contributed by atoms with Gasteiger partial charge in [0.2, 0.25) is 0 Å². The first kappa shape index (κ1) is 16.9. The van der Waals surface area contributed by atoms with Crippen molar-refractivity contribution in [1.29, 1.82) is 0 Å². The maximum atomic E-state index is 14.2. The number of halogens is 1. The molecule has 4 rings (SSSR count). The van der Waals surface area contributed by atoms with Gasteiger partial charge in [0, 0.05) is 19.3 Å². The van der Waals surface area contributed by atoms with Crippen LogP contribution in [0.15, 0.2) is 18.3 Å². The Morgan fingerprint density at radius 1 is 1.46 bits per heavy atom. The molecule has 2 aromatic heterocycles. The molecular weight excluding hydrogens is 341 g/mol. The molecule has 0 radical (unpaired) electrons. The molecule has 2 aliphatic rings. The standard InChI is InChI=1S/C17H20FN5O3/c18-12(10-3-1-4-10)16(26)23-7-17(8-23,9-24)20-15(25)13-11-5-2-6-19-14(11)22-21-13/h2,5-6,10,12,24H,1,3-4,7-9H2,(H,20,25)(H,19,21,22). The van der Waals surface area contributed by atoms with E-state index in [0.29, 0.717) is 11.0 Å². The van der Waals surface area contributed by atoms with Crippen molar-refractivity contribution in [2.75, 3.05) is 19.7 Å². The molecule has 26 heavy (non-hydrogen) atoms. The number of H-pyrrole nitrogens is 1. The van der Waals surface area contributed by atoms with E-state index < -0.39 is 23.5 Å². The lowest BCUT2D eigenvalue weighted by Gasteiger charge is -2.50. The summed E-state index contributed by atoms with van der Waals surface area (Å²) in [7, 11) is 0. The quantitative estimate of drug-likeness (QED) is 0.714. The molecule has 1 atom stereocenters. The molecule has 0 bridgehead atoms. The van der Waals surface area contributed by atoms with Crippen molar-refractivity contribution < 1.29 is 19.1 Å². The Morgan fingerprint density at radius 2 is 2.23 bits per heavy atom. The topological polar surface area (TPSA) is 111 Å². The minimum atomic E-state index is -1.49. The van der Waals surface area contributed by atoms with E-state index in [4.69, 9.17) is 0 Å². The summed E-state index contributed by atoms with van der Waals surface area (Å²) in [6, 6.07) is 3.41. The van der Waals surface area contributed by atoms with Crippen LogP contribution in [0.25, 0.3) is 11.0 Å². The van der Waals surface area contributed by atoms with Gasteiger partial charge in [-0.1, -0.05) is 6.42 Å². The zero-order chi connectivity index (χ0) is 18.3. The van der Waals surface area contributed by atoms with Crippen molar-refractivity contribution in [2.45, 2.75) is 31.0 Å². The Hall–Kier alpha value is -2.55. The largest absolute Gasteiger partial charge is 0.394 e. The van der Waals surface area contributed by atoms with E-state index in [0.717, 1.165) is 19.3 Å². The monoisotopic (exact) mass is 361 g/mol. The third kappa shape index (κ3) is 2.72. The van der Waals surface area contributed by atoms with Crippen molar-refractivity contribution in [2.24, 2.45) is 5.92 Å². The molecule has 1 saturated carbocycles. The normalized spacial score (nSPS) is 20.3. The molecule has 1 aliphatic carbocycles.